The van der Waals surface area contributed by atoms with E-state index in [-0.39, 0.29) is 97.4 Å². The molecule has 0 atom stereocenters. The highest BCUT2D eigenvalue weighted by molar-refractivity contribution is 5.62. The predicted molar refractivity (Wildman–Crippen MR) is 319 cm³/mol. The van der Waals surface area contributed by atoms with Gasteiger partial charge in [-0.2, -0.15) is 0 Å². The highest BCUT2D eigenvalue weighted by Crippen LogP contribution is 2.42. The molecule has 8 heteroatoms. The quantitative estimate of drug-likeness (QED) is 0.0696. The van der Waals surface area contributed by atoms with E-state index in [1.165, 1.54) is 0 Å². The van der Waals surface area contributed by atoms with E-state index in [0.29, 0.717) is 111 Å². The van der Waals surface area contributed by atoms with E-state index in [4.69, 9.17) is 0 Å². The van der Waals surface area contributed by atoms with Gasteiger partial charge < -0.3 is 40.9 Å². The van der Waals surface area contributed by atoms with Gasteiger partial charge in [0.25, 0.3) is 0 Å². The minimum absolute atomic E-state index is 0.0531. The molecule has 0 heterocycles. The molecule has 16 bridgehead atoms. The number of benzene rings is 9. The monoisotopic (exact) mass is 1070 g/mol. The van der Waals surface area contributed by atoms with Crippen LogP contribution in [0.25, 0.3) is 0 Å². The predicted octanol–water partition coefficient (Wildman–Crippen LogP) is 13.6. The Morgan fingerprint density at radius 2 is 0.309 bits per heavy atom. The van der Waals surface area contributed by atoms with Crippen molar-refractivity contribution in [2.24, 2.45) is 0 Å². The van der Waals surface area contributed by atoms with E-state index in [1.54, 1.807) is 0 Å². The third-order valence-electron chi connectivity index (χ3n) is 15.8. The molecule has 0 unspecified atom stereocenters. The highest BCUT2D eigenvalue weighted by Gasteiger charge is 2.24. The van der Waals surface area contributed by atoms with Crippen LogP contribution in [-0.2, 0) is 51.4 Å². The van der Waals surface area contributed by atoms with E-state index >= 15 is 0 Å². The Bertz CT molecular complexity index is 3770. The fraction of sp³-hybridized carbons (Fsp3) is 0.205. The number of phenolic OH excluding ortho intramolecular Hbond substituents is 8. The molecule has 81 heavy (non-hydrogen) atoms. The molecule has 0 radical (unpaired) electrons. The lowest BCUT2D eigenvalue weighted by molar-refractivity contribution is 0.448. The summed E-state index contributed by atoms with van der Waals surface area (Å²) in [5, 5.41) is 94.9. The fourth-order valence-electron chi connectivity index (χ4n) is 12.3. The molecule has 0 saturated heterocycles. The zero-order chi connectivity index (χ0) is 57.1. The summed E-state index contributed by atoms with van der Waals surface area (Å²) >= 11 is 0. The lowest BCUT2D eigenvalue weighted by Gasteiger charge is -2.19. The molecule has 8 N–H and O–H groups in total. The van der Waals surface area contributed by atoms with Crippen LogP contribution >= 0.6 is 0 Å². The molecule has 0 spiro atoms. The molecule has 0 amide bonds. The number of aryl methyl sites for hydroxylation is 7. The SMILES string of the molecule is Cc1cc(C#Cc2cc3c(O)c(c2)Cc2cc(C)cc(c2O)Cc2cc(C)cc(c2O)Cc2cc(C)cc(c2O)C3)cc(C#Cc2cc3c(O)c(c2)Cc2cc(C)cc(c2O)Cc2cc(C)cc(c2O)Cc2cc(C)cc(c2O)C3)c1. The van der Waals surface area contributed by atoms with Crippen molar-refractivity contribution in [3.05, 3.63) is 265 Å². The average molecular weight is 1070 g/mol. The van der Waals surface area contributed by atoms with Gasteiger partial charge in [0.05, 0.1) is 0 Å². The van der Waals surface area contributed by atoms with Gasteiger partial charge in [-0.05, 0) is 186 Å². The third kappa shape index (κ3) is 11.1. The summed E-state index contributed by atoms with van der Waals surface area (Å²) in [7, 11) is 0. The molecule has 0 saturated carbocycles. The maximum Gasteiger partial charge on any atom is 0.122 e. The van der Waals surface area contributed by atoms with Gasteiger partial charge in [-0.15, -0.1) is 0 Å². The van der Waals surface area contributed by atoms with Crippen molar-refractivity contribution in [3.63, 3.8) is 0 Å². The van der Waals surface area contributed by atoms with Gasteiger partial charge in [0.1, 0.15) is 46.0 Å². The second-order valence-corrected chi connectivity index (χ2v) is 22.9. The number of hydrogen-bond donors (Lipinski definition) is 8. The first-order chi connectivity index (χ1) is 38.7. The van der Waals surface area contributed by atoms with Crippen molar-refractivity contribution in [2.45, 2.75) is 99.8 Å². The van der Waals surface area contributed by atoms with E-state index < -0.39 is 0 Å². The minimum Gasteiger partial charge on any atom is -0.507 e. The van der Waals surface area contributed by atoms with Crippen LogP contribution in [0.3, 0.4) is 0 Å². The van der Waals surface area contributed by atoms with Crippen molar-refractivity contribution < 1.29 is 40.9 Å². The Morgan fingerprint density at radius 3 is 0.469 bits per heavy atom. The molecule has 9 aromatic carbocycles. The van der Waals surface area contributed by atoms with E-state index in [1.807, 2.05) is 164 Å². The third-order valence-corrected chi connectivity index (χ3v) is 15.8. The lowest BCUT2D eigenvalue weighted by atomic mass is 9.89. The van der Waals surface area contributed by atoms with Gasteiger partial charge in [-0.3, -0.25) is 0 Å². The fourth-order valence-corrected chi connectivity index (χ4v) is 12.3. The molecular weight excluding hydrogens is 1000 g/mol. The van der Waals surface area contributed by atoms with Gasteiger partial charge in [-0.1, -0.05) is 130 Å². The maximum absolute atomic E-state index is 12.1. The second-order valence-electron chi connectivity index (χ2n) is 22.9. The smallest absolute Gasteiger partial charge is 0.122 e. The van der Waals surface area contributed by atoms with Crippen LogP contribution in [0.15, 0.2) is 115 Å². The summed E-state index contributed by atoms with van der Waals surface area (Å²) in [6.45, 7) is 13.8. The van der Waals surface area contributed by atoms with Gasteiger partial charge >= 0.3 is 0 Å². The molecule has 8 nitrogen and oxygen atoms in total. The first-order valence-electron chi connectivity index (χ1n) is 27.4. The van der Waals surface area contributed by atoms with E-state index in [2.05, 4.69) is 23.7 Å². The number of fused-ring (bicyclic) bond motifs is 16. The standard InChI is InChI=1S/C73H64O8/c1-39-12-46(8-10-48-27-62-35-58-22-42(4)18-54(68(58)76)31-50-14-40(2)15-51(66(50)74)32-55-19-43(5)23-59(69(55)77)36-63(28-48)72(62)80)26-47(13-39)9-11-49-29-64-37-60-24-44(6)20-56(70(60)78)33-52-16-41(3)17-53(67(52)75)34-57-21-45(7)25-61(71(57)79)38-65(30-49)73(64)81/h12-30,74-81H,31-38H2,1-7H3. The number of aromatic hydroxyl groups is 8. The molecule has 0 aliphatic heterocycles. The van der Waals surface area contributed by atoms with Crippen LogP contribution in [0, 0.1) is 72.1 Å². The van der Waals surface area contributed by atoms with E-state index in [0.717, 1.165) is 38.9 Å². The van der Waals surface area contributed by atoms with Crippen LogP contribution in [0.5, 0.6) is 46.0 Å². The lowest BCUT2D eigenvalue weighted by Crippen LogP contribution is -2.03. The molecule has 0 aromatic heterocycles. The molecule has 404 valence electrons. The van der Waals surface area contributed by atoms with Crippen LogP contribution in [-0.4, -0.2) is 40.9 Å². The Hall–Kier alpha value is -9.50. The van der Waals surface area contributed by atoms with Crippen molar-refractivity contribution in [1.29, 1.82) is 0 Å². The van der Waals surface area contributed by atoms with Crippen LogP contribution < -0.4 is 0 Å². The summed E-state index contributed by atoms with van der Waals surface area (Å²) in [6.07, 6.45) is 1.87. The number of hydrogen-bond acceptors (Lipinski definition) is 8. The summed E-state index contributed by atoms with van der Waals surface area (Å²) in [5.74, 6) is 14.2. The van der Waals surface area contributed by atoms with Crippen LogP contribution in [0.2, 0.25) is 0 Å². The Labute approximate surface area is 473 Å². The van der Waals surface area contributed by atoms with Crippen LogP contribution in [0.4, 0.5) is 0 Å². The molecule has 11 rings (SSSR count). The van der Waals surface area contributed by atoms with Gasteiger partial charge in [0.2, 0.25) is 0 Å². The number of rotatable bonds is 0. The highest BCUT2D eigenvalue weighted by atomic mass is 16.3. The summed E-state index contributed by atoms with van der Waals surface area (Å²) in [5.41, 5.74) is 19.2. The van der Waals surface area contributed by atoms with Crippen molar-refractivity contribution in [3.8, 4) is 69.7 Å². The minimum atomic E-state index is 0.0531. The van der Waals surface area contributed by atoms with E-state index in [9.17, 15) is 40.9 Å². The molecule has 2 aliphatic carbocycles. The topological polar surface area (TPSA) is 162 Å². The van der Waals surface area contributed by atoms with Crippen LogP contribution in [0.1, 0.15) is 150 Å². The first kappa shape index (κ1) is 53.5. The molecule has 0 fully saturated rings. The van der Waals surface area contributed by atoms with Crippen molar-refractivity contribution in [1.82, 2.24) is 0 Å². The zero-order valence-electron chi connectivity index (χ0n) is 46.7. The summed E-state index contributed by atoms with van der Waals surface area (Å²) in [6, 6.07) is 36.3. The first-order valence-corrected chi connectivity index (χ1v) is 27.4. The second kappa shape index (κ2) is 21.3. The Balaban J connectivity index is 0.976. The Morgan fingerprint density at radius 1 is 0.185 bits per heavy atom. The molecule has 9 aromatic rings. The Kier molecular flexibility index (Phi) is 14.1. The van der Waals surface area contributed by atoms with Gasteiger partial charge in [-0.25, -0.2) is 0 Å². The molecular formula is C73H64O8. The van der Waals surface area contributed by atoms with Crippen molar-refractivity contribution >= 4 is 0 Å². The van der Waals surface area contributed by atoms with Gasteiger partial charge in [0, 0.05) is 73.6 Å². The largest absolute Gasteiger partial charge is 0.507 e. The van der Waals surface area contributed by atoms with Crippen molar-refractivity contribution in [2.75, 3.05) is 0 Å². The summed E-state index contributed by atoms with van der Waals surface area (Å²) < 4.78 is 0. The molecule has 2 aliphatic rings. The van der Waals surface area contributed by atoms with Gasteiger partial charge in [0.15, 0.2) is 0 Å². The average Bonchev–Trinajstić information content (AvgIpc) is 3.44. The normalized spacial score (nSPS) is 12.7. The summed E-state index contributed by atoms with van der Waals surface area (Å²) in [4.78, 5) is 0. The maximum atomic E-state index is 12.1. The zero-order valence-corrected chi connectivity index (χ0v) is 46.7. The number of phenols is 8.